The highest BCUT2D eigenvalue weighted by molar-refractivity contribution is 5.67. The molecule has 1 aromatic carbocycles. The summed E-state index contributed by atoms with van der Waals surface area (Å²) in [6.45, 7) is 0. The summed E-state index contributed by atoms with van der Waals surface area (Å²) < 4.78 is 19.3. The number of nitrogens with zero attached hydrogens (tertiary/aromatic N) is 1. The van der Waals surface area contributed by atoms with E-state index in [2.05, 4.69) is 9.97 Å². The Labute approximate surface area is 123 Å². The maximum atomic E-state index is 14.1. The van der Waals surface area contributed by atoms with Crippen LogP contribution in [-0.2, 0) is 0 Å². The zero-order valence-corrected chi connectivity index (χ0v) is 12.1. The number of H-pyrrole nitrogens is 1. The first-order valence-corrected chi connectivity index (χ1v) is 7.32. The SMILES string of the molecule is COc1cccc(F)c1-c1cnc(C2CCC(N)CC2)[nH]1. The first kappa shape index (κ1) is 14.1. The van der Waals surface area contributed by atoms with Crippen LogP contribution in [0.25, 0.3) is 11.3 Å². The largest absolute Gasteiger partial charge is 0.496 e. The molecule has 0 saturated heterocycles. The van der Waals surface area contributed by atoms with Gasteiger partial charge in [0, 0.05) is 12.0 Å². The van der Waals surface area contributed by atoms with Gasteiger partial charge in [0.05, 0.1) is 24.6 Å². The van der Waals surface area contributed by atoms with Crippen LogP contribution in [0.5, 0.6) is 5.75 Å². The van der Waals surface area contributed by atoms with Crippen molar-refractivity contribution in [3.63, 3.8) is 0 Å². The normalized spacial score (nSPS) is 22.2. The zero-order valence-electron chi connectivity index (χ0n) is 12.1. The smallest absolute Gasteiger partial charge is 0.136 e. The molecule has 1 fully saturated rings. The number of imidazole rings is 1. The van der Waals surface area contributed by atoms with Crippen LogP contribution in [0, 0.1) is 5.82 Å². The van der Waals surface area contributed by atoms with Gasteiger partial charge >= 0.3 is 0 Å². The summed E-state index contributed by atoms with van der Waals surface area (Å²) in [5, 5.41) is 0. The summed E-state index contributed by atoms with van der Waals surface area (Å²) in [6.07, 6.45) is 5.78. The zero-order chi connectivity index (χ0) is 14.8. The number of ether oxygens (including phenoxy) is 1. The van der Waals surface area contributed by atoms with E-state index in [0.717, 1.165) is 31.5 Å². The second-order valence-corrected chi connectivity index (χ2v) is 5.61. The van der Waals surface area contributed by atoms with Gasteiger partial charge in [-0.05, 0) is 37.8 Å². The molecule has 21 heavy (non-hydrogen) atoms. The quantitative estimate of drug-likeness (QED) is 0.912. The van der Waals surface area contributed by atoms with E-state index in [4.69, 9.17) is 10.5 Å². The molecule has 1 aromatic heterocycles. The number of rotatable bonds is 3. The van der Waals surface area contributed by atoms with Crippen molar-refractivity contribution < 1.29 is 9.13 Å². The standard InChI is InChI=1S/C16H20FN3O/c1-21-14-4-2-3-12(17)15(14)13-9-19-16(20-13)10-5-7-11(18)8-6-10/h2-4,9-11H,5-8,18H2,1H3,(H,19,20). The van der Waals surface area contributed by atoms with Gasteiger partial charge in [0.2, 0.25) is 0 Å². The van der Waals surface area contributed by atoms with Gasteiger partial charge in [-0.1, -0.05) is 6.07 Å². The summed E-state index contributed by atoms with van der Waals surface area (Å²) in [6, 6.07) is 5.12. The third-order valence-electron chi connectivity index (χ3n) is 4.22. The molecule has 112 valence electrons. The highest BCUT2D eigenvalue weighted by atomic mass is 19.1. The van der Waals surface area contributed by atoms with Gasteiger partial charge < -0.3 is 15.5 Å². The van der Waals surface area contributed by atoms with Gasteiger partial charge in [0.25, 0.3) is 0 Å². The fourth-order valence-electron chi connectivity index (χ4n) is 3.00. The lowest BCUT2D eigenvalue weighted by Crippen LogP contribution is -2.26. The summed E-state index contributed by atoms with van der Waals surface area (Å²) in [4.78, 5) is 7.70. The van der Waals surface area contributed by atoms with Crippen LogP contribution in [0.3, 0.4) is 0 Å². The van der Waals surface area contributed by atoms with Crippen LogP contribution < -0.4 is 10.5 Å². The highest BCUT2D eigenvalue weighted by Crippen LogP contribution is 2.35. The lowest BCUT2D eigenvalue weighted by molar-refractivity contribution is 0.386. The molecule has 3 rings (SSSR count). The Balaban J connectivity index is 1.89. The van der Waals surface area contributed by atoms with Crippen molar-refractivity contribution in [1.82, 2.24) is 9.97 Å². The number of aromatic amines is 1. The number of methoxy groups -OCH3 is 1. The topological polar surface area (TPSA) is 63.9 Å². The molecule has 1 heterocycles. The molecule has 0 bridgehead atoms. The number of aromatic nitrogens is 2. The van der Waals surface area contributed by atoms with Crippen molar-refractivity contribution in [3.8, 4) is 17.0 Å². The lowest BCUT2D eigenvalue weighted by Gasteiger charge is -2.24. The highest BCUT2D eigenvalue weighted by Gasteiger charge is 2.23. The van der Waals surface area contributed by atoms with E-state index in [1.807, 2.05) is 0 Å². The molecule has 0 aliphatic heterocycles. The van der Waals surface area contributed by atoms with Crippen LogP contribution in [0.2, 0.25) is 0 Å². The molecular formula is C16H20FN3O. The second-order valence-electron chi connectivity index (χ2n) is 5.61. The van der Waals surface area contributed by atoms with E-state index >= 15 is 0 Å². The van der Waals surface area contributed by atoms with Gasteiger partial charge in [-0.3, -0.25) is 0 Å². The van der Waals surface area contributed by atoms with Crippen LogP contribution in [0.1, 0.15) is 37.4 Å². The minimum absolute atomic E-state index is 0.308. The minimum atomic E-state index is -0.310. The fraction of sp³-hybridized carbons (Fsp3) is 0.438. The van der Waals surface area contributed by atoms with Crippen LogP contribution in [0.4, 0.5) is 4.39 Å². The average Bonchev–Trinajstić information content (AvgIpc) is 2.97. The summed E-state index contributed by atoms with van der Waals surface area (Å²) in [5.41, 5.74) is 7.03. The van der Waals surface area contributed by atoms with Gasteiger partial charge in [0.15, 0.2) is 0 Å². The van der Waals surface area contributed by atoms with Gasteiger partial charge in [-0.25, -0.2) is 9.37 Å². The Hall–Kier alpha value is -1.88. The Morgan fingerprint density at radius 1 is 1.29 bits per heavy atom. The van der Waals surface area contributed by atoms with Gasteiger partial charge in [-0.15, -0.1) is 0 Å². The van der Waals surface area contributed by atoms with E-state index in [9.17, 15) is 4.39 Å². The maximum absolute atomic E-state index is 14.1. The molecule has 0 amide bonds. The molecule has 0 atom stereocenters. The van der Waals surface area contributed by atoms with Crippen molar-refractivity contribution in [2.24, 2.45) is 5.73 Å². The van der Waals surface area contributed by atoms with Crippen LogP contribution in [0.15, 0.2) is 24.4 Å². The fourth-order valence-corrected chi connectivity index (χ4v) is 3.00. The van der Waals surface area contributed by atoms with Crippen molar-refractivity contribution in [1.29, 1.82) is 0 Å². The van der Waals surface area contributed by atoms with Crippen molar-refractivity contribution >= 4 is 0 Å². The lowest BCUT2D eigenvalue weighted by atomic mass is 9.86. The van der Waals surface area contributed by atoms with Gasteiger partial charge in [-0.2, -0.15) is 0 Å². The number of hydrogen-bond acceptors (Lipinski definition) is 3. The molecule has 1 saturated carbocycles. The number of hydrogen-bond donors (Lipinski definition) is 2. The Kier molecular flexibility index (Phi) is 3.92. The Bertz CT molecular complexity index is 618. The van der Waals surface area contributed by atoms with E-state index in [1.165, 1.54) is 13.2 Å². The second kappa shape index (κ2) is 5.85. The summed E-state index contributed by atoms with van der Waals surface area (Å²) in [7, 11) is 1.54. The third kappa shape index (κ3) is 2.78. The van der Waals surface area contributed by atoms with Crippen molar-refractivity contribution in [3.05, 3.63) is 36.0 Å². The van der Waals surface area contributed by atoms with Crippen LogP contribution in [-0.4, -0.2) is 23.1 Å². The first-order valence-electron chi connectivity index (χ1n) is 7.32. The third-order valence-corrected chi connectivity index (χ3v) is 4.22. The van der Waals surface area contributed by atoms with E-state index < -0.39 is 0 Å². The average molecular weight is 289 g/mol. The maximum Gasteiger partial charge on any atom is 0.136 e. The predicted molar refractivity (Wildman–Crippen MR) is 79.7 cm³/mol. The molecule has 0 radical (unpaired) electrons. The molecule has 0 unspecified atom stereocenters. The molecule has 0 spiro atoms. The number of nitrogens with two attached hydrogens (primary N) is 1. The summed E-state index contributed by atoms with van der Waals surface area (Å²) >= 11 is 0. The molecule has 4 nitrogen and oxygen atoms in total. The molecule has 1 aliphatic carbocycles. The Morgan fingerprint density at radius 3 is 2.76 bits per heavy atom. The van der Waals surface area contributed by atoms with E-state index in [1.54, 1.807) is 18.3 Å². The summed E-state index contributed by atoms with van der Waals surface area (Å²) in [5.74, 6) is 1.50. The van der Waals surface area contributed by atoms with Crippen molar-refractivity contribution in [2.45, 2.75) is 37.6 Å². The van der Waals surface area contributed by atoms with Crippen molar-refractivity contribution in [2.75, 3.05) is 7.11 Å². The number of halogens is 1. The first-order chi connectivity index (χ1) is 10.2. The minimum Gasteiger partial charge on any atom is -0.496 e. The molecule has 5 heteroatoms. The molecule has 3 N–H and O–H groups in total. The van der Waals surface area contributed by atoms with E-state index in [-0.39, 0.29) is 5.82 Å². The predicted octanol–water partition coefficient (Wildman–Crippen LogP) is 3.21. The Morgan fingerprint density at radius 2 is 2.05 bits per heavy atom. The number of nitrogens with one attached hydrogen (secondary N) is 1. The molecular weight excluding hydrogens is 269 g/mol. The van der Waals surface area contributed by atoms with E-state index in [0.29, 0.717) is 29.0 Å². The number of benzene rings is 1. The molecule has 2 aromatic rings. The van der Waals surface area contributed by atoms with Crippen LogP contribution >= 0.6 is 0 Å². The molecule has 1 aliphatic rings. The monoisotopic (exact) mass is 289 g/mol. The van der Waals surface area contributed by atoms with Gasteiger partial charge in [0.1, 0.15) is 17.4 Å².